The second-order valence-electron chi connectivity index (χ2n) is 10.6. The lowest BCUT2D eigenvalue weighted by atomic mass is 10.0. The predicted molar refractivity (Wildman–Crippen MR) is 177 cm³/mol. The first kappa shape index (κ1) is 31.1. The normalized spacial score (nSPS) is 13.5. The molecule has 4 heteroatoms. The van der Waals surface area contributed by atoms with Crippen molar-refractivity contribution in [2.45, 2.75) is 44.7 Å². The van der Waals surface area contributed by atoms with Crippen LogP contribution in [0.2, 0.25) is 0 Å². The first-order chi connectivity index (χ1) is 21.8. The molecule has 0 spiro atoms. The summed E-state index contributed by atoms with van der Waals surface area (Å²) < 4.78 is 26.3. The fourth-order valence-corrected chi connectivity index (χ4v) is 4.86. The molecule has 3 atom stereocenters. The maximum Gasteiger partial charge on any atom is 0.116 e. The van der Waals surface area contributed by atoms with E-state index in [0.29, 0.717) is 33.0 Å². The van der Waals surface area contributed by atoms with Gasteiger partial charge in [-0.05, 0) is 27.8 Å². The molecule has 0 aliphatic rings. The first-order valence-electron chi connectivity index (χ1n) is 15.1. The maximum atomic E-state index is 6.74. The molecule has 0 amide bonds. The van der Waals surface area contributed by atoms with Gasteiger partial charge in [0, 0.05) is 0 Å². The van der Waals surface area contributed by atoms with E-state index in [0.717, 1.165) is 27.8 Å². The van der Waals surface area contributed by atoms with E-state index in [2.05, 4.69) is 72.8 Å². The van der Waals surface area contributed by atoms with Gasteiger partial charge in [-0.3, -0.25) is 0 Å². The van der Waals surface area contributed by atoms with Crippen molar-refractivity contribution in [1.29, 1.82) is 0 Å². The summed E-state index contributed by atoms with van der Waals surface area (Å²) in [4.78, 5) is 0. The van der Waals surface area contributed by atoms with Crippen molar-refractivity contribution in [3.05, 3.63) is 186 Å². The van der Waals surface area contributed by atoms with Crippen molar-refractivity contribution in [3.63, 3.8) is 0 Å². The third kappa shape index (κ3) is 10.4. The van der Waals surface area contributed by atoms with Crippen molar-refractivity contribution in [2.24, 2.45) is 0 Å². The molecule has 0 fully saturated rings. The van der Waals surface area contributed by atoms with Crippen LogP contribution < -0.4 is 0 Å². The molecule has 44 heavy (non-hydrogen) atoms. The highest BCUT2D eigenvalue weighted by atomic mass is 16.6. The molecule has 224 valence electrons. The van der Waals surface area contributed by atoms with Crippen molar-refractivity contribution in [2.75, 3.05) is 6.61 Å². The highest BCUT2D eigenvalue weighted by Gasteiger charge is 2.32. The molecule has 5 rings (SSSR count). The highest BCUT2D eigenvalue weighted by Crippen LogP contribution is 2.21. The average molecular weight is 585 g/mol. The fraction of sp³-hybridized carbons (Fsp3) is 0.200. The third-order valence-electron chi connectivity index (χ3n) is 7.24. The van der Waals surface area contributed by atoms with Gasteiger partial charge in [0.15, 0.2) is 0 Å². The first-order valence-corrected chi connectivity index (χ1v) is 15.1. The summed E-state index contributed by atoms with van der Waals surface area (Å²) in [6.45, 7) is 2.10. The van der Waals surface area contributed by atoms with Gasteiger partial charge in [0.05, 0.1) is 33.0 Å². The Balaban J connectivity index is 1.43. The lowest BCUT2D eigenvalue weighted by Crippen LogP contribution is -2.44. The number of hydrogen-bond acceptors (Lipinski definition) is 4. The van der Waals surface area contributed by atoms with E-state index < -0.39 is 18.3 Å². The zero-order valence-electron chi connectivity index (χ0n) is 25.0. The summed E-state index contributed by atoms with van der Waals surface area (Å²) >= 11 is 0. The molecule has 0 unspecified atom stereocenters. The van der Waals surface area contributed by atoms with Gasteiger partial charge in [-0.1, -0.05) is 164 Å². The average Bonchev–Trinajstić information content (AvgIpc) is 3.10. The summed E-state index contributed by atoms with van der Waals surface area (Å²) in [5.41, 5.74) is 5.46. The Labute approximate surface area is 261 Å². The highest BCUT2D eigenvalue weighted by molar-refractivity contribution is 5.49. The van der Waals surface area contributed by atoms with E-state index in [1.807, 2.05) is 91.0 Å². The Morgan fingerprint density at radius 3 is 1.34 bits per heavy atom. The number of benzene rings is 5. The summed E-state index contributed by atoms with van der Waals surface area (Å²) in [5, 5.41) is 0. The van der Waals surface area contributed by atoms with Gasteiger partial charge in [-0.2, -0.15) is 0 Å². The van der Waals surface area contributed by atoms with Gasteiger partial charge in [0.1, 0.15) is 18.3 Å². The van der Waals surface area contributed by atoms with E-state index in [4.69, 9.17) is 18.9 Å². The molecule has 0 bridgehead atoms. The standard InChI is InChI=1S/C40H40O4/c1-6-16-33(17-7-1)26-27-38(42-29-35-20-10-3-11-21-35)40(44-31-37-24-14-5-15-25-37)39(43-30-36-22-12-4-13-23-36)32-41-28-34-18-8-2-9-19-34/h1-27,38-40H,28-32H2/b27-26-/t38-,39+,40+/m1/s1. The maximum absolute atomic E-state index is 6.74. The Morgan fingerprint density at radius 2 is 0.841 bits per heavy atom. The predicted octanol–water partition coefficient (Wildman–Crippen LogP) is 8.67. The van der Waals surface area contributed by atoms with Crippen LogP contribution in [0.5, 0.6) is 0 Å². The number of ether oxygens (including phenoxy) is 4. The van der Waals surface area contributed by atoms with Crippen LogP contribution in [-0.2, 0) is 45.4 Å². The Bertz CT molecular complexity index is 1480. The van der Waals surface area contributed by atoms with E-state index in [9.17, 15) is 0 Å². The summed E-state index contributed by atoms with van der Waals surface area (Å²) in [6, 6.07) is 51.1. The molecule has 5 aromatic carbocycles. The van der Waals surface area contributed by atoms with Gasteiger partial charge < -0.3 is 18.9 Å². The molecular weight excluding hydrogens is 544 g/mol. The van der Waals surface area contributed by atoms with Gasteiger partial charge in [-0.15, -0.1) is 0 Å². The zero-order chi connectivity index (χ0) is 30.1. The van der Waals surface area contributed by atoms with Gasteiger partial charge in [-0.25, -0.2) is 0 Å². The third-order valence-corrected chi connectivity index (χ3v) is 7.24. The number of rotatable bonds is 17. The van der Waals surface area contributed by atoms with Gasteiger partial charge >= 0.3 is 0 Å². The van der Waals surface area contributed by atoms with Crippen LogP contribution in [0.1, 0.15) is 27.8 Å². The fourth-order valence-electron chi connectivity index (χ4n) is 4.86. The summed E-state index contributed by atoms with van der Waals surface area (Å²) in [5.74, 6) is 0. The van der Waals surface area contributed by atoms with Crippen molar-refractivity contribution >= 4 is 6.08 Å². The van der Waals surface area contributed by atoms with Gasteiger partial charge in [0.25, 0.3) is 0 Å². The topological polar surface area (TPSA) is 36.9 Å². The summed E-state index contributed by atoms with van der Waals surface area (Å²) in [7, 11) is 0. The minimum atomic E-state index is -0.460. The van der Waals surface area contributed by atoms with Crippen molar-refractivity contribution in [1.82, 2.24) is 0 Å². The number of hydrogen-bond donors (Lipinski definition) is 0. The van der Waals surface area contributed by atoms with Crippen molar-refractivity contribution in [3.8, 4) is 0 Å². The van der Waals surface area contributed by atoms with E-state index >= 15 is 0 Å². The van der Waals surface area contributed by atoms with Crippen LogP contribution in [0.15, 0.2) is 158 Å². The second-order valence-corrected chi connectivity index (χ2v) is 10.6. The minimum Gasteiger partial charge on any atom is -0.374 e. The molecule has 0 aliphatic heterocycles. The van der Waals surface area contributed by atoms with E-state index in [-0.39, 0.29) is 0 Å². The second kappa shape index (κ2) is 17.7. The van der Waals surface area contributed by atoms with Crippen LogP contribution in [-0.4, -0.2) is 24.9 Å². The lowest BCUT2D eigenvalue weighted by molar-refractivity contribution is -0.157. The minimum absolute atomic E-state index is 0.339. The Hall–Kier alpha value is -4.32. The molecule has 5 aromatic rings. The molecule has 0 aromatic heterocycles. The van der Waals surface area contributed by atoms with Crippen molar-refractivity contribution < 1.29 is 18.9 Å². The molecule has 0 aliphatic carbocycles. The van der Waals surface area contributed by atoms with Crippen LogP contribution in [0.25, 0.3) is 6.08 Å². The lowest BCUT2D eigenvalue weighted by Gasteiger charge is -2.32. The van der Waals surface area contributed by atoms with E-state index in [1.165, 1.54) is 0 Å². The van der Waals surface area contributed by atoms with Crippen LogP contribution in [0.4, 0.5) is 0 Å². The van der Waals surface area contributed by atoms with Crippen LogP contribution in [0, 0.1) is 0 Å². The zero-order valence-corrected chi connectivity index (χ0v) is 25.0. The molecule has 0 N–H and O–H groups in total. The van der Waals surface area contributed by atoms with Crippen LogP contribution >= 0.6 is 0 Å². The monoisotopic (exact) mass is 584 g/mol. The van der Waals surface area contributed by atoms with Crippen LogP contribution in [0.3, 0.4) is 0 Å². The molecule has 0 heterocycles. The molecule has 0 radical (unpaired) electrons. The quantitative estimate of drug-likeness (QED) is 0.110. The van der Waals surface area contributed by atoms with E-state index in [1.54, 1.807) is 0 Å². The molecule has 0 saturated carbocycles. The van der Waals surface area contributed by atoms with Gasteiger partial charge in [0.2, 0.25) is 0 Å². The molecule has 0 saturated heterocycles. The summed E-state index contributed by atoms with van der Waals surface area (Å²) in [6.07, 6.45) is 2.89. The SMILES string of the molecule is C(=C/[C@@H](OCc1ccccc1)[C@H](OCc1ccccc1)[C@H](COCc1ccccc1)OCc1ccccc1)/c1ccccc1. The smallest absolute Gasteiger partial charge is 0.116 e. The molecule has 4 nitrogen and oxygen atoms in total. The molecular formula is C40H40O4. The Morgan fingerprint density at radius 1 is 0.432 bits per heavy atom. The Kier molecular flexibility index (Phi) is 12.5. The largest absolute Gasteiger partial charge is 0.374 e.